The minimum atomic E-state index is -4.03. The van der Waals surface area contributed by atoms with Gasteiger partial charge in [-0.3, -0.25) is 9.78 Å². The monoisotopic (exact) mass is 692 g/mol. The number of aliphatic hydroxyl groups excluding tert-OH is 1. The van der Waals surface area contributed by atoms with E-state index < -0.39 is 40.1 Å². The van der Waals surface area contributed by atoms with Crippen LogP contribution in [0.25, 0.3) is 0 Å². The zero-order valence-electron chi connectivity index (χ0n) is 28.4. The summed E-state index contributed by atoms with van der Waals surface area (Å²) in [5, 5.41) is 29.5. The molecule has 0 spiro atoms. The van der Waals surface area contributed by atoms with Gasteiger partial charge in [-0.05, 0) is 66.5 Å². The molecule has 12 nitrogen and oxygen atoms in total. The summed E-state index contributed by atoms with van der Waals surface area (Å²) in [7, 11) is -2.41. The van der Waals surface area contributed by atoms with Crippen molar-refractivity contribution in [1.29, 1.82) is 0 Å². The van der Waals surface area contributed by atoms with Crippen LogP contribution in [0.15, 0.2) is 89.0 Å². The third-order valence-electron chi connectivity index (χ3n) is 9.14. The first-order valence-corrected chi connectivity index (χ1v) is 18.2. The summed E-state index contributed by atoms with van der Waals surface area (Å²) in [6, 6.07) is 18.5. The molecule has 3 amide bonds. The number of nitrogens with one attached hydrogen (secondary N) is 2. The fraction of sp³-hybridized carbons (Fsp3) is 0.444. The van der Waals surface area contributed by atoms with E-state index in [9.17, 15) is 23.1 Å². The lowest BCUT2D eigenvalue weighted by Crippen LogP contribution is -2.58. The molecule has 264 valence electrons. The second-order valence-corrected chi connectivity index (χ2v) is 14.7. The van der Waals surface area contributed by atoms with Gasteiger partial charge in [0.25, 0.3) is 0 Å². The van der Waals surface area contributed by atoms with Crippen LogP contribution in [-0.2, 0) is 27.8 Å². The average Bonchev–Trinajstić information content (AvgIpc) is 3.08. The number of pyridine rings is 1. The van der Waals surface area contributed by atoms with Crippen molar-refractivity contribution >= 4 is 28.2 Å². The van der Waals surface area contributed by atoms with Gasteiger partial charge in [0.05, 0.1) is 35.5 Å². The molecule has 0 bridgehead atoms. The molecule has 1 aliphatic rings. The lowest BCUT2D eigenvalue weighted by molar-refractivity contribution is -0.125. The zero-order valence-corrected chi connectivity index (χ0v) is 29.2. The van der Waals surface area contributed by atoms with Crippen LogP contribution in [0.1, 0.15) is 56.4 Å². The summed E-state index contributed by atoms with van der Waals surface area (Å²) in [6.45, 7) is 4.04. The molecule has 1 heterocycles. The van der Waals surface area contributed by atoms with Gasteiger partial charge in [0.2, 0.25) is 15.9 Å². The number of rotatable bonds is 17. The summed E-state index contributed by atoms with van der Waals surface area (Å²) >= 11 is 0. The van der Waals surface area contributed by atoms with Gasteiger partial charge in [0, 0.05) is 26.3 Å². The Morgan fingerprint density at radius 2 is 1.73 bits per heavy atom. The molecule has 4 rings (SSSR count). The number of aliphatic hydroxyl groups is 1. The number of carbonyl (C=O) groups excluding carboxylic acids is 2. The Balaban J connectivity index is 1.56. The molecule has 1 fully saturated rings. The van der Waals surface area contributed by atoms with Gasteiger partial charge in [0.1, 0.15) is 6.04 Å². The van der Waals surface area contributed by atoms with E-state index in [2.05, 4.69) is 20.8 Å². The van der Waals surface area contributed by atoms with Crippen LogP contribution in [0.2, 0.25) is 0 Å². The predicted octanol–water partition coefficient (Wildman–Crippen LogP) is 4.03. The Bertz CT molecular complexity index is 1620. The number of aromatic nitrogens is 1. The van der Waals surface area contributed by atoms with Gasteiger partial charge < -0.3 is 25.8 Å². The van der Waals surface area contributed by atoms with E-state index in [0.29, 0.717) is 17.7 Å². The predicted molar refractivity (Wildman–Crippen MR) is 187 cm³/mol. The lowest BCUT2D eigenvalue weighted by Gasteiger charge is -2.35. The topological polar surface area (TPSA) is 165 Å². The highest BCUT2D eigenvalue weighted by Gasteiger charge is 2.35. The maximum atomic E-state index is 14.0. The van der Waals surface area contributed by atoms with Crippen molar-refractivity contribution in [2.24, 2.45) is 17.0 Å². The van der Waals surface area contributed by atoms with Crippen molar-refractivity contribution in [2.45, 2.75) is 75.6 Å². The first-order valence-electron chi connectivity index (χ1n) is 16.7. The molecular weight excluding hydrogens is 644 g/mol. The van der Waals surface area contributed by atoms with Crippen LogP contribution < -0.4 is 10.6 Å². The molecule has 1 unspecified atom stereocenters. The third-order valence-corrected chi connectivity index (χ3v) is 11.0. The van der Waals surface area contributed by atoms with Crippen LogP contribution in [0, 0.1) is 11.8 Å². The Morgan fingerprint density at radius 3 is 2.33 bits per heavy atom. The molecule has 4 N–H and O–H groups in total. The highest BCUT2D eigenvalue weighted by Crippen LogP contribution is 2.30. The molecule has 1 saturated carbocycles. The van der Waals surface area contributed by atoms with Crippen molar-refractivity contribution in [1.82, 2.24) is 24.8 Å². The smallest absolute Gasteiger partial charge is 0.318 e. The number of hydrogen-bond donors (Lipinski definition) is 4. The fourth-order valence-electron chi connectivity index (χ4n) is 5.69. The van der Waals surface area contributed by atoms with E-state index >= 15 is 0 Å². The molecule has 13 heteroatoms. The summed E-state index contributed by atoms with van der Waals surface area (Å²) in [4.78, 5) is 33.0. The van der Waals surface area contributed by atoms with Crippen LogP contribution in [0.3, 0.4) is 0 Å². The van der Waals surface area contributed by atoms with E-state index in [0.717, 1.165) is 24.8 Å². The highest BCUT2D eigenvalue weighted by molar-refractivity contribution is 7.89. The second kappa shape index (κ2) is 17.9. The fourth-order valence-corrected chi connectivity index (χ4v) is 7.22. The van der Waals surface area contributed by atoms with E-state index in [-0.39, 0.29) is 42.8 Å². The number of sulfonamides is 1. The lowest BCUT2D eigenvalue weighted by atomic mass is 9.85. The largest absolute Gasteiger partial charge is 0.411 e. The maximum Gasteiger partial charge on any atom is 0.318 e. The molecule has 3 aromatic rings. The maximum absolute atomic E-state index is 14.0. The van der Waals surface area contributed by atoms with Gasteiger partial charge in [0.15, 0.2) is 0 Å². The number of urea groups is 1. The standard InChI is InChI=1S/C36H48N6O6S/c1-4-26(2)34(40-36(45)41(3)24-30-15-8-9-20-37-30)35(44)39-32(21-27-11-6-5-7-12-27)33(43)25-42(23-29-13-10-14-29)49(47,48)31-18-16-28(17-19-31)22-38-46/h5-9,11-12,15-20,22,26,29,32-34,43,46H,4,10,13-14,21,23-25H2,1-3H3,(H,39,44)(H,40,45)/b38-22+/t26-,32-,33?,34+/m0/s1. The van der Waals surface area contributed by atoms with Gasteiger partial charge in [-0.2, -0.15) is 4.31 Å². The normalized spacial score (nSPS) is 16.0. The van der Waals surface area contributed by atoms with Crippen LogP contribution in [0.5, 0.6) is 0 Å². The molecule has 4 atom stereocenters. The number of oxime groups is 1. The van der Waals surface area contributed by atoms with Crippen molar-refractivity contribution in [3.05, 3.63) is 95.8 Å². The number of nitrogens with zero attached hydrogens (tertiary/aromatic N) is 4. The summed E-state index contributed by atoms with van der Waals surface area (Å²) in [5.74, 6) is -0.544. The van der Waals surface area contributed by atoms with Crippen LogP contribution >= 0.6 is 0 Å². The first-order chi connectivity index (χ1) is 23.5. The molecule has 49 heavy (non-hydrogen) atoms. The minimum Gasteiger partial charge on any atom is -0.411 e. The number of carbonyl (C=O) groups is 2. The molecule has 2 aromatic carbocycles. The number of hydrogen-bond acceptors (Lipinski definition) is 8. The summed E-state index contributed by atoms with van der Waals surface area (Å²) in [6.07, 6.45) is 5.22. The molecule has 1 aromatic heterocycles. The highest BCUT2D eigenvalue weighted by atomic mass is 32.2. The van der Waals surface area contributed by atoms with Gasteiger partial charge in [-0.1, -0.05) is 80.4 Å². The van der Waals surface area contributed by atoms with Gasteiger partial charge in [-0.15, -0.1) is 0 Å². The molecule has 0 saturated heterocycles. The van der Waals surface area contributed by atoms with Crippen molar-refractivity contribution < 1.29 is 28.3 Å². The molecule has 0 aliphatic heterocycles. The first kappa shape index (κ1) is 37.5. The number of benzene rings is 2. The minimum absolute atomic E-state index is 0.0483. The Morgan fingerprint density at radius 1 is 1.04 bits per heavy atom. The van der Waals surface area contributed by atoms with E-state index in [4.69, 9.17) is 5.21 Å². The van der Waals surface area contributed by atoms with Gasteiger partial charge >= 0.3 is 6.03 Å². The van der Waals surface area contributed by atoms with E-state index in [1.54, 1.807) is 31.4 Å². The van der Waals surface area contributed by atoms with Crippen molar-refractivity contribution in [2.75, 3.05) is 20.1 Å². The average molecular weight is 693 g/mol. The quantitative estimate of drug-likeness (QED) is 0.0943. The number of amides is 3. The van der Waals surface area contributed by atoms with Crippen molar-refractivity contribution in [3.63, 3.8) is 0 Å². The Hall–Kier alpha value is -4.33. The van der Waals surface area contributed by atoms with E-state index in [1.807, 2.05) is 56.3 Å². The summed E-state index contributed by atoms with van der Waals surface area (Å²) < 4.78 is 29.2. The molecule has 1 aliphatic carbocycles. The molecule has 0 radical (unpaired) electrons. The third kappa shape index (κ3) is 10.6. The van der Waals surface area contributed by atoms with Crippen LogP contribution in [0.4, 0.5) is 4.79 Å². The SMILES string of the molecule is CC[C@H](C)[C@@H](NC(=O)N(C)Cc1ccccn1)C(=O)N[C@@H](Cc1ccccc1)C(O)CN(CC1CCC1)S(=O)(=O)c1ccc(/C=N/O)cc1. The van der Waals surface area contributed by atoms with Crippen molar-refractivity contribution in [3.8, 4) is 0 Å². The Labute approximate surface area is 289 Å². The van der Waals surface area contributed by atoms with Gasteiger partial charge in [-0.25, -0.2) is 13.2 Å². The second-order valence-electron chi connectivity index (χ2n) is 12.8. The summed E-state index contributed by atoms with van der Waals surface area (Å²) in [5.41, 5.74) is 2.08. The Kier molecular flexibility index (Phi) is 13.7. The van der Waals surface area contributed by atoms with Crippen LogP contribution in [-0.4, -0.2) is 89.4 Å². The molecular formula is C36H48N6O6S. The van der Waals surface area contributed by atoms with E-state index in [1.165, 1.54) is 27.6 Å². The zero-order chi connectivity index (χ0) is 35.4.